The van der Waals surface area contributed by atoms with Crippen LogP contribution in [-0.4, -0.2) is 40.6 Å². The molecule has 1 amide bonds. The number of non-ortho nitro benzene ring substituents is 1. The summed E-state index contributed by atoms with van der Waals surface area (Å²) < 4.78 is 1.64. The van der Waals surface area contributed by atoms with Crippen LogP contribution < -0.4 is 5.32 Å². The molecule has 0 saturated heterocycles. The van der Waals surface area contributed by atoms with Crippen LogP contribution in [0.15, 0.2) is 40.9 Å². The molecule has 0 aliphatic rings. The van der Waals surface area contributed by atoms with Crippen molar-refractivity contribution in [3.63, 3.8) is 0 Å². The van der Waals surface area contributed by atoms with E-state index in [1.165, 1.54) is 35.2 Å². The van der Waals surface area contributed by atoms with Crippen LogP contribution in [0.2, 0.25) is 0 Å². The van der Waals surface area contributed by atoms with E-state index in [4.69, 9.17) is 0 Å². The van der Waals surface area contributed by atoms with E-state index >= 15 is 0 Å². The van der Waals surface area contributed by atoms with Gasteiger partial charge >= 0.3 is 0 Å². The molecule has 3 aromatic heterocycles. The van der Waals surface area contributed by atoms with Crippen LogP contribution >= 0.6 is 23.1 Å². The van der Waals surface area contributed by atoms with Gasteiger partial charge in [0.15, 0.2) is 5.13 Å². The predicted molar refractivity (Wildman–Crippen MR) is 118 cm³/mol. The molecule has 3 heterocycles. The quantitative estimate of drug-likeness (QED) is 0.263. The number of thioether (sulfide) groups is 1. The molecule has 0 aliphatic heterocycles. The van der Waals surface area contributed by atoms with Gasteiger partial charge in [-0.25, -0.2) is 14.5 Å². The van der Waals surface area contributed by atoms with Crippen molar-refractivity contribution in [1.29, 1.82) is 0 Å². The fourth-order valence-corrected chi connectivity index (χ4v) is 4.33. The van der Waals surface area contributed by atoms with E-state index in [0.717, 1.165) is 11.4 Å². The molecule has 0 fully saturated rings. The van der Waals surface area contributed by atoms with E-state index in [0.29, 0.717) is 27.3 Å². The molecular weight excluding hydrogens is 438 g/mol. The summed E-state index contributed by atoms with van der Waals surface area (Å²) >= 11 is 2.48. The summed E-state index contributed by atoms with van der Waals surface area (Å²) in [5.41, 5.74) is 2.92. The van der Waals surface area contributed by atoms with Crippen molar-refractivity contribution in [1.82, 2.24) is 24.6 Å². The first-order valence-corrected chi connectivity index (χ1v) is 10.9. The number of benzene rings is 1. The minimum atomic E-state index is -0.469. The molecule has 10 nitrogen and oxygen atoms in total. The number of aryl methyl sites for hydroxylation is 2. The van der Waals surface area contributed by atoms with Gasteiger partial charge in [0.2, 0.25) is 11.1 Å². The highest BCUT2D eigenvalue weighted by atomic mass is 32.2. The molecule has 31 heavy (non-hydrogen) atoms. The van der Waals surface area contributed by atoms with Gasteiger partial charge in [-0.05, 0) is 26.8 Å². The molecule has 4 rings (SSSR count). The number of fused-ring (bicyclic) bond motifs is 1. The molecule has 1 aromatic carbocycles. The molecule has 0 aliphatic carbocycles. The molecule has 1 atom stereocenters. The van der Waals surface area contributed by atoms with Crippen LogP contribution in [0.25, 0.3) is 17.0 Å². The molecule has 0 saturated carbocycles. The normalized spacial score (nSPS) is 12.1. The SMILES string of the molecule is Cc1cc(C)n2nc(S[C@@H](C)C(=O)Nc3nc(-c4cccc([N+](=O)[O-])c4)cs3)nc2n1. The predicted octanol–water partition coefficient (Wildman–Crippen LogP) is 3.89. The number of carbonyl (C=O) groups excluding carboxylic acids is 1. The molecule has 0 bridgehead atoms. The van der Waals surface area contributed by atoms with Gasteiger partial charge in [-0.2, -0.15) is 4.98 Å². The van der Waals surface area contributed by atoms with Gasteiger partial charge in [0.05, 0.1) is 15.9 Å². The molecule has 0 radical (unpaired) electrons. The zero-order chi connectivity index (χ0) is 22.1. The number of nitrogens with one attached hydrogen (secondary N) is 1. The Labute approximate surface area is 184 Å². The van der Waals surface area contributed by atoms with Crippen molar-refractivity contribution >= 4 is 45.6 Å². The largest absolute Gasteiger partial charge is 0.301 e. The van der Waals surface area contributed by atoms with Gasteiger partial charge in [-0.1, -0.05) is 23.9 Å². The number of nitrogens with zero attached hydrogens (tertiary/aromatic N) is 6. The highest BCUT2D eigenvalue weighted by Crippen LogP contribution is 2.28. The fraction of sp³-hybridized carbons (Fsp3) is 0.211. The first kappa shape index (κ1) is 20.9. The van der Waals surface area contributed by atoms with Gasteiger partial charge in [-0.3, -0.25) is 14.9 Å². The standard InChI is InChI=1S/C19H17N7O3S2/c1-10-7-11(2)25-17(20-10)23-19(24-25)31-12(3)16(27)22-18-21-15(9-30-18)13-5-4-6-14(8-13)26(28)29/h4-9,12H,1-3H3,(H,21,22,27)/t12-/m0/s1. The topological polar surface area (TPSA) is 128 Å². The summed E-state index contributed by atoms with van der Waals surface area (Å²) in [6.07, 6.45) is 0. The number of carbonyl (C=O) groups is 1. The Morgan fingerprint density at radius 3 is 2.84 bits per heavy atom. The second-order valence-electron chi connectivity index (χ2n) is 6.74. The lowest BCUT2D eigenvalue weighted by Crippen LogP contribution is -2.22. The minimum Gasteiger partial charge on any atom is -0.301 e. The van der Waals surface area contributed by atoms with Crippen molar-refractivity contribution in [2.75, 3.05) is 5.32 Å². The summed E-state index contributed by atoms with van der Waals surface area (Å²) in [6.45, 7) is 5.56. The summed E-state index contributed by atoms with van der Waals surface area (Å²) in [7, 11) is 0. The van der Waals surface area contributed by atoms with Crippen LogP contribution in [-0.2, 0) is 4.79 Å². The molecule has 12 heteroatoms. The Morgan fingerprint density at radius 2 is 2.06 bits per heavy atom. The molecule has 1 N–H and O–H groups in total. The molecule has 0 unspecified atom stereocenters. The number of hydrogen-bond acceptors (Lipinski definition) is 9. The number of hydrogen-bond donors (Lipinski definition) is 1. The summed E-state index contributed by atoms with van der Waals surface area (Å²) in [5.74, 6) is 0.249. The fourth-order valence-electron chi connectivity index (χ4n) is 2.86. The van der Waals surface area contributed by atoms with Gasteiger partial charge in [-0.15, -0.1) is 16.4 Å². The summed E-state index contributed by atoms with van der Waals surface area (Å²) in [5, 5.41) is 20.3. The molecule has 4 aromatic rings. The zero-order valence-electron chi connectivity index (χ0n) is 16.8. The highest BCUT2D eigenvalue weighted by Gasteiger charge is 2.20. The van der Waals surface area contributed by atoms with Crippen molar-refractivity contribution in [3.8, 4) is 11.3 Å². The zero-order valence-corrected chi connectivity index (χ0v) is 18.4. The Kier molecular flexibility index (Phi) is 5.65. The third kappa shape index (κ3) is 4.54. The monoisotopic (exact) mass is 455 g/mol. The summed E-state index contributed by atoms with van der Waals surface area (Å²) in [4.78, 5) is 36.2. The number of nitro benzene ring substituents is 1. The van der Waals surface area contributed by atoms with Crippen LogP contribution in [0.1, 0.15) is 18.3 Å². The number of rotatable bonds is 6. The number of amides is 1. The first-order valence-electron chi connectivity index (χ1n) is 9.19. The Morgan fingerprint density at radius 1 is 1.26 bits per heavy atom. The third-order valence-corrected chi connectivity index (χ3v) is 6.05. The van der Waals surface area contributed by atoms with E-state index in [1.807, 2.05) is 19.9 Å². The number of anilines is 1. The van der Waals surface area contributed by atoms with Crippen LogP contribution in [0.5, 0.6) is 0 Å². The lowest BCUT2D eigenvalue weighted by Gasteiger charge is -2.07. The second-order valence-corrected chi connectivity index (χ2v) is 8.91. The van der Waals surface area contributed by atoms with Crippen LogP contribution in [0.4, 0.5) is 10.8 Å². The Balaban J connectivity index is 1.44. The number of nitro groups is 1. The van der Waals surface area contributed by atoms with Gasteiger partial charge in [0, 0.05) is 34.5 Å². The lowest BCUT2D eigenvalue weighted by atomic mass is 10.1. The van der Waals surface area contributed by atoms with Gasteiger partial charge in [0.25, 0.3) is 11.5 Å². The van der Waals surface area contributed by atoms with E-state index in [2.05, 4.69) is 25.4 Å². The van der Waals surface area contributed by atoms with E-state index in [1.54, 1.807) is 29.0 Å². The van der Waals surface area contributed by atoms with Crippen LogP contribution in [0.3, 0.4) is 0 Å². The maximum absolute atomic E-state index is 12.6. The average Bonchev–Trinajstić information content (AvgIpc) is 3.35. The van der Waals surface area contributed by atoms with Crippen molar-refractivity contribution in [2.24, 2.45) is 0 Å². The lowest BCUT2D eigenvalue weighted by molar-refractivity contribution is -0.384. The van der Waals surface area contributed by atoms with Crippen molar-refractivity contribution in [2.45, 2.75) is 31.2 Å². The maximum atomic E-state index is 12.6. The smallest absolute Gasteiger partial charge is 0.270 e. The van der Waals surface area contributed by atoms with Crippen LogP contribution in [0, 0.1) is 24.0 Å². The maximum Gasteiger partial charge on any atom is 0.270 e. The minimum absolute atomic E-state index is 0.0130. The first-order chi connectivity index (χ1) is 14.8. The third-order valence-electron chi connectivity index (χ3n) is 4.34. The van der Waals surface area contributed by atoms with Crippen molar-refractivity contribution in [3.05, 3.63) is 57.2 Å². The molecule has 158 valence electrons. The van der Waals surface area contributed by atoms with E-state index < -0.39 is 10.2 Å². The number of aromatic nitrogens is 5. The average molecular weight is 456 g/mol. The highest BCUT2D eigenvalue weighted by molar-refractivity contribution is 8.00. The molecule has 0 spiro atoms. The molecular formula is C19H17N7O3S2. The Hall–Kier alpha value is -3.38. The van der Waals surface area contributed by atoms with E-state index in [9.17, 15) is 14.9 Å². The summed E-state index contributed by atoms with van der Waals surface area (Å²) in [6, 6.07) is 8.12. The Bertz CT molecular complexity index is 1300. The second kappa shape index (κ2) is 8.40. The van der Waals surface area contributed by atoms with E-state index in [-0.39, 0.29) is 11.6 Å². The number of thiazole rings is 1. The van der Waals surface area contributed by atoms with Gasteiger partial charge in [0.1, 0.15) is 0 Å². The van der Waals surface area contributed by atoms with Crippen molar-refractivity contribution < 1.29 is 9.72 Å². The van der Waals surface area contributed by atoms with Gasteiger partial charge < -0.3 is 5.32 Å².